The third kappa shape index (κ3) is 5.76. The molecule has 0 aliphatic heterocycles. The Morgan fingerprint density at radius 2 is 1.72 bits per heavy atom. The molecule has 2 rings (SSSR count). The highest BCUT2D eigenvalue weighted by Gasteiger charge is 2.11. The minimum atomic E-state index is -0.860. The van der Waals surface area contributed by atoms with Gasteiger partial charge in [-0.3, -0.25) is 4.79 Å². The maximum atomic E-state index is 13.4. The first-order chi connectivity index (χ1) is 12.0. The fourth-order valence-electron chi connectivity index (χ4n) is 1.98. The zero-order valence-electron chi connectivity index (χ0n) is 13.4. The molecule has 0 aliphatic rings. The zero-order chi connectivity index (χ0) is 18.2. The van der Waals surface area contributed by atoms with Crippen molar-refractivity contribution in [1.82, 2.24) is 5.32 Å². The van der Waals surface area contributed by atoms with E-state index in [9.17, 15) is 18.4 Å². The SMILES string of the molecule is CC(=O)Nc1cccc(OCCNC(=O)Nc2c(F)cccc2F)c1. The van der Waals surface area contributed by atoms with Crippen molar-refractivity contribution in [1.29, 1.82) is 0 Å². The van der Waals surface area contributed by atoms with Crippen molar-refractivity contribution < 1.29 is 23.1 Å². The van der Waals surface area contributed by atoms with Crippen molar-refractivity contribution in [3.05, 3.63) is 54.1 Å². The average molecular weight is 349 g/mol. The molecule has 0 saturated heterocycles. The summed E-state index contributed by atoms with van der Waals surface area (Å²) in [5.74, 6) is -1.41. The molecule has 132 valence electrons. The molecular formula is C17H17F2N3O3. The monoisotopic (exact) mass is 349 g/mol. The number of halogens is 2. The Balaban J connectivity index is 1.77. The molecule has 8 heteroatoms. The number of para-hydroxylation sites is 1. The largest absolute Gasteiger partial charge is 0.492 e. The summed E-state index contributed by atoms with van der Waals surface area (Å²) in [6, 6.07) is 9.30. The smallest absolute Gasteiger partial charge is 0.319 e. The van der Waals surface area contributed by atoms with Gasteiger partial charge in [0.15, 0.2) is 0 Å². The summed E-state index contributed by atoms with van der Waals surface area (Å²) >= 11 is 0. The quantitative estimate of drug-likeness (QED) is 0.701. The van der Waals surface area contributed by atoms with Crippen LogP contribution < -0.4 is 20.7 Å². The molecule has 3 N–H and O–H groups in total. The Labute approximate surface area is 143 Å². The van der Waals surface area contributed by atoms with E-state index in [0.29, 0.717) is 11.4 Å². The first-order valence-electron chi connectivity index (χ1n) is 7.45. The van der Waals surface area contributed by atoms with Crippen LogP contribution in [0.3, 0.4) is 0 Å². The molecule has 0 aromatic heterocycles. The van der Waals surface area contributed by atoms with Crippen LogP contribution in [0.2, 0.25) is 0 Å². The third-order valence-electron chi connectivity index (χ3n) is 3.01. The van der Waals surface area contributed by atoms with Gasteiger partial charge in [0, 0.05) is 18.7 Å². The molecule has 0 bridgehead atoms. The molecule has 0 saturated carbocycles. The van der Waals surface area contributed by atoms with E-state index in [4.69, 9.17) is 4.74 Å². The standard InChI is InChI=1S/C17H17F2N3O3/c1-11(23)21-12-4-2-5-13(10-12)25-9-8-20-17(24)22-16-14(18)6-3-7-15(16)19/h2-7,10H,8-9H2,1H3,(H,21,23)(H2,20,22,24). The summed E-state index contributed by atoms with van der Waals surface area (Å²) in [7, 11) is 0. The molecule has 0 unspecified atom stereocenters. The Morgan fingerprint density at radius 3 is 2.40 bits per heavy atom. The number of anilines is 2. The lowest BCUT2D eigenvalue weighted by Gasteiger charge is -2.11. The lowest BCUT2D eigenvalue weighted by molar-refractivity contribution is -0.114. The lowest BCUT2D eigenvalue weighted by Crippen LogP contribution is -2.32. The van der Waals surface area contributed by atoms with Gasteiger partial charge >= 0.3 is 6.03 Å². The van der Waals surface area contributed by atoms with Crippen LogP contribution in [0.15, 0.2) is 42.5 Å². The molecule has 3 amide bonds. The number of hydrogen-bond donors (Lipinski definition) is 3. The minimum Gasteiger partial charge on any atom is -0.492 e. The van der Waals surface area contributed by atoms with Crippen LogP contribution in [0.5, 0.6) is 5.75 Å². The predicted molar refractivity (Wildman–Crippen MR) is 89.6 cm³/mol. The zero-order valence-corrected chi connectivity index (χ0v) is 13.4. The van der Waals surface area contributed by atoms with E-state index in [1.54, 1.807) is 24.3 Å². The van der Waals surface area contributed by atoms with Gasteiger partial charge in [-0.15, -0.1) is 0 Å². The van der Waals surface area contributed by atoms with Crippen LogP contribution in [-0.4, -0.2) is 25.1 Å². The normalized spacial score (nSPS) is 10.0. The Hall–Kier alpha value is -3.16. The van der Waals surface area contributed by atoms with Gasteiger partial charge in [0.25, 0.3) is 0 Å². The second-order valence-electron chi connectivity index (χ2n) is 5.04. The summed E-state index contributed by atoms with van der Waals surface area (Å²) in [4.78, 5) is 22.6. The second-order valence-corrected chi connectivity index (χ2v) is 5.04. The molecule has 0 fully saturated rings. The van der Waals surface area contributed by atoms with Gasteiger partial charge < -0.3 is 20.7 Å². The number of amides is 3. The van der Waals surface area contributed by atoms with Gasteiger partial charge in [-0.2, -0.15) is 0 Å². The van der Waals surface area contributed by atoms with E-state index in [-0.39, 0.29) is 19.1 Å². The van der Waals surface area contributed by atoms with Gasteiger partial charge in [-0.25, -0.2) is 13.6 Å². The summed E-state index contributed by atoms with van der Waals surface area (Å²) in [5.41, 5.74) is 0.0784. The van der Waals surface area contributed by atoms with Crippen molar-refractivity contribution in [3.8, 4) is 5.75 Å². The van der Waals surface area contributed by atoms with E-state index >= 15 is 0 Å². The highest BCUT2D eigenvalue weighted by atomic mass is 19.1. The summed E-state index contributed by atoms with van der Waals surface area (Å²) < 4.78 is 32.3. The number of carbonyl (C=O) groups is 2. The van der Waals surface area contributed by atoms with E-state index in [1.165, 1.54) is 13.0 Å². The van der Waals surface area contributed by atoms with Gasteiger partial charge in [-0.1, -0.05) is 12.1 Å². The van der Waals surface area contributed by atoms with Crippen LogP contribution in [-0.2, 0) is 4.79 Å². The molecule has 0 radical (unpaired) electrons. The van der Waals surface area contributed by atoms with Crippen LogP contribution >= 0.6 is 0 Å². The summed E-state index contributed by atoms with van der Waals surface area (Å²) in [5, 5.41) is 7.15. The Kier molecular flexibility index (Phi) is 6.27. The first kappa shape index (κ1) is 18.2. The average Bonchev–Trinajstić information content (AvgIpc) is 2.55. The van der Waals surface area contributed by atoms with Crippen LogP contribution in [0.1, 0.15) is 6.92 Å². The topological polar surface area (TPSA) is 79.5 Å². The van der Waals surface area contributed by atoms with Gasteiger partial charge in [-0.05, 0) is 24.3 Å². The van der Waals surface area contributed by atoms with Gasteiger partial charge in [0.2, 0.25) is 5.91 Å². The van der Waals surface area contributed by atoms with Crippen molar-refractivity contribution >= 4 is 23.3 Å². The molecule has 0 spiro atoms. The molecule has 2 aromatic carbocycles. The van der Waals surface area contributed by atoms with Crippen LogP contribution in [0.4, 0.5) is 25.0 Å². The van der Waals surface area contributed by atoms with E-state index < -0.39 is 23.4 Å². The Morgan fingerprint density at radius 1 is 1.04 bits per heavy atom. The molecule has 25 heavy (non-hydrogen) atoms. The number of hydrogen-bond acceptors (Lipinski definition) is 3. The number of carbonyl (C=O) groups excluding carboxylic acids is 2. The molecule has 2 aromatic rings. The van der Waals surface area contributed by atoms with Gasteiger partial charge in [0.1, 0.15) is 29.7 Å². The predicted octanol–water partition coefficient (Wildman–Crippen LogP) is 3.12. The molecule has 0 aliphatic carbocycles. The molecule has 0 heterocycles. The van der Waals surface area contributed by atoms with Crippen molar-refractivity contribution in [2.24, 2.45) is 0 Å². The first-order valence-corrected chi connectivity index (χ1v) is 7.45. The second kappa shape index (κ2) is 8.62. The highest BCUT2D eigenvalue weighted by Crippen LogP contribution is 2.18. The van der Waals surface area contributed by atoms with Crippen molar-refractivity contribution in [3.63, 3.8) is 0 Å². The number of ether oxygens (including phenoxy) is 1. The lowest BCUT2D eigenvalue weighted by atomic mass is 10.3. The molecular weight excluding hydrogens is 332 g/mol. The number of benzene rings is 2. The highest BCUT2D eigenvalue weighted by molar-refractivity contribution is 5.89. The fraction of sp³-hybridized carbons (Fsp3) is 0.176. The van der Waals surface area contributed by atoms with E-state index in [2.05, 4.69) is 16.0 Å². The maximum absolute atomic E-state index is 13.4. The molecule has 0 atom stereocenters. The Bertz CT molecular complexity index is 748. The third-order valence-corrected chi connectivity index (χ3v) is 3.01. The van der Waals surface area contributed by atoms with E-state index in [1.807, 2.05) is 0 Å². The van der Waals surface area contributed by atoms with E-state index in [0.717, 1.165) is 12.1 Å². The van der Waals surface area contributed by atoms with Gasteiger partial charge in [0.05, 0.1) is 6.54 Å². The minimum absolute atomic E-state index is 0.117. The number of urea groups is 1. The molecule has 6 nitrogen and oxygen atoms in total. The number of nitrogens with one attached hydrogen (secondary N) is 3. The van der Waals surface area contributed by atoms with Crippen molar-refractivity contribution in [2.75, 3.05) is 23.8 Å². The fourth-order valence-corrected chi connectivity index (χ4v) is 1.98. The van der Waals surface area contributed by atoms with Crippen LogP contribution in [0.25, 0.3) is 0 Å². The maximum Gasteiger partial charge on any atom is 0.319 e. The number of rotatable bonds is 6. The summed E-state index contributed by atoms with van der Waals surface area (Å²) in [6.45, 7) is 1.65. The van der Waals surface area contributed by atoms with Crippen molar-refractivity contribution in [2.45, 2.75) is 6.92 Å². The summed E-state index contributed by atoms with van der Waals surface area (Å²) in [6.07, 6.45) is 0. The van der Waals surface area contributed by atoms with Crippen LogP contribution in [0, 0.1) is 11.6 Å².